The number of imidazole rings is 1. The van der Waals surface area contributed by atoms with Gasteiger partial charge in [0.1, 0.15) is 28.0 Å². The number of benzene rings is 1. The number of nitrogens with one attached hydrogen (secondary N) is 1. The molecule has 0 spiro atoms. The van der Waals surface area contributed by atoms with E-state index in [0.29, 0.717) is 40.4 Å². The summed E-state index contributed by atoms with van der Waals surface area (Å²) in [6.07, 6.45) is 4.10. The van der Waals surface area contributed by atoms with Crippen molar-refractivity contribution in [3.63, 3.8) is 0 Å². The molecule has 0 unspecified atom stereocenters. The van der Waals surface area contributed by atoms with E-state index in [0.717, 1.165) is 32.5 Å². The van der Waals surface area contributed by atoms with Crippen LogP contribution in [0.4, 0.5) is 0 Å². The van der Waals surface area contributed by atoms with Gasteiger partial charge in [0.25, 0.3) is 0 Å². The molecule has 5 rings (SSSR count). The Morgan fingerprint density at radius 3 is 2.69 bits per heavy atom. The van der Waals surface area contributed by atoms with Crippen LogP contribution in [0.2, 0.25) is 0 Å². The Morgan fingerprint density at radius 2 is 1.97 bits per heavy atom. The fourth-order valence-corrected chi connectivity index (χ4v) is 5.27. The van der Waals surface area contributed by atoms with Crippen molar-refractivity contribution in [2.45, 2.75) is 20.3 Å². The molecular weight excluding hydrogens is 470 g/mol. The van der Waals surface area contributed by atoms with Gasteiger partial charge in [-0.15, -0.1) is 0 Å². The minimum Gasteiger partial charge on any atom is -0.481 e. The normalized spacial score (nSPS) is 11.4. The van der Waals surface area contributed by atoms with E-state index in [2.05, 4.69) is 44.2 Å². The highest BCUT2D eigenvalue weighted by atomic mass is 32.1. The van der Waals surface area contributed by atoms with Crippen LogP contribution in [0.15, 0.2) is 48.7 Å². The number of fused-ring (bicyclic) bond motifs is 1. The molecule has 0 saturated carbocycles. The summed E-state index contributed by atoms with van der Waals surface area (Å²) in [7, 11) is 1.55. The van der Waals surface area contributed by atoms with E-state index in [1.807, 2.05) is 42.7 Å². The Kier molecular flexibility index (Phi) is 6.07. The molecule has 9 heteroatoms. The summed E-state index contributed by atoms with van der Waals surface area (Å²) in [5.74, 6) is 0.907. The Bertz CT molecular complexity index is 1690. The number of nitrogens with zero attached hydrogens (tertiary/aromatic N) is 6. The summed E-state index contributed by atoms with van der Waals surface area (Å²) < 4.78 is 7.19. The average molecular weight is 492 g/mol. The van der Waals surface area contributed by atoms with Crippen molar-refractivity contribution in [3.8, 4) is 23.0 Å². The van der Waals surface area contributed by atoms with Gasteiger partial charge in [0, 0.05) is 23.9 Å². The molecule has 0 aliphatic heterocycles. The lowest BCUT2D eigenvalue weighted by Gasteiger charge is -2.06. The second kappa shape index (κ2) is 9.49. The van der Waals surface area contributed by atoms with Crippen LogP contribution in [-0.2, 0) is 6.42 Å². The van der Waals surface area contributed by atoms with Gasteiger partial charge >= 0.3 is 0 Å². The molecule has 0 aliphatic rings. The van der Waals surface area contributed by atoms with Gasteiger partial charge in [0.05, 0.1) is 29.9 Å². The number of H-pyrrole nitrogens is 1. The third-order valence-corrected chi connectivity index (χ3v) is 6.90. The first kappa shape index (κ1) is 23.0. The van der Waals surface area contributed by atoms with Crippen LogP contribution in [0, 0.1) is 36.5 Å². The molecule has 8 nitrogen and oxygen atoms in total. The quantitative estimate of drug-likeness (QED) is 0.320. The summed E-state index contributed by atoms with van der Waals surface area (Å²) in [6.45, 7) is 3.95. The van der Waals surface area contributed by atoms with Gasteiger partial charge in [-0.1, -0.05) is 41.7 Å². The lowest BCUT2D eigenvalue weighted by atomic mass is 10.1. The van der Waals surface area contributed by atoms with Crippen LogP contribution in [0.1, 0.15) is 39.0 Å². The van der Waals surface area contributed by atoms with E-state index < -0.39 is 0 Å². The van der Waals surface area contributed by atoms with Crippen LogP contribution in [0.3, 0.4) is 0 Å². The lowest BCUT2D eigenvalue weighted by molar-refractivity contribution is 0.398. The Balaban J connectivity index is 1.53. The summed E-state index contributed by atoms with van der Waals surface area (Å²) in [6, 6.07) is 18.3. The summed E-state index contributed by atoms with van der Waals surface area (Å²) in [5.41, 5.74) is 6.02. The SMILES string of the molecule is COc1cc2nc(/C(C#N)=C/c3cc(C)n(-c4sc(Cc5ccccc5)nc4C#N)c3C)[nH]c2cn1. The van der Waals surface area contributed by atoms with Gasteiger partial charge in [-0.2, -0.15) is 10.5 Å². The maximum Gasteiger partial charge on any atom is 0.215 e. The van der Waals surface area contributed by atoms with Crippen LogP contribution in [-0.4, -0.2) is 31.6 Å². The van der Waals surface area contributed by atoms with Gasteiger partial charge in [0.15, 0.2) is 5.69 Å². The van der Waals surface area contributed by atoms with E-state index >= 15 is 0 Å². The van der Waals surface area contributed by atoms with E-state index in [4.69, 9.17) is 4.74 Å². The van der Waals surface area contributed by atoms with Crippen molar-refractivity contribution in [1.29, 1.82) is 10.5 Å². The van der Waals surface area contributed by atoms with E-state index in [1.165, 1.54) is 11.3 Å². The Hall–Kier alpha value is -4.73. The second-order valence-corrected chi connectivity index (χ2v) is 9.26. The summed E-state index contributed by atoms with van der Waals surface area (Å²) in [5, 5.41) is 21.3. The summed E-state index contributed by atoms with van der Waals surface area (Å²) in [4.78, 5) is 16.5. The number of methoxy groups -OCH3 is 1. The van der Waals surface area contributed by atoms with Crippen LogP contribution in [0.5, 0.6) is 5.88 Å². The molecule has 176 valence electrons. The highest BCUT2D eigenvalue weighted by molar-refractivity contribution is 7.14. The van der Waals surface area contributed by atoms with Gasteiger partial charge in [0.2, 0.25) is 5.88 Å². The predicted octanol–water partition coefficient (Wildman–Crippen LogP) is 5.36. The summed E-state index contributed by atoms with van der Waals surface area (Å²) >= 11 is 1.51. The molecule has 0 atom stereocenters. The predicted molar refractivity (Wildman–Crippen MR) is 139 cm³/mol. The number of allylic oxidation sites excluding steroid dienone is 1. The average Bonchev–Trinajstić information content (AvgIpc) is 3.57. The molecule has 1 aromatic carbocycles. The van der Waals surface area contributed by atoms with Gasteiger partial charge in [-0.3, -0.25) is 0 Å². The number of hydrogen-bond donors (Lipinski definition) is 1. The molecule has 0 fully saturated rings. The molecule has 0 amide bonds. The highest BCUT2D eigenvalue weighted by Gasteiger charge is 2.19. The Labute approximate surface area is 211 Å². The van der Waals surface area contributed by atoms with Crippen LogP contribution >= 0.6 is 11.3 Å². The van der Waals surface area contributed by atoms with Gasteiger partial charge in [-0.05, 0) is 37.1 Å². The number of rotatable bonds is 6. The number of aryl methyl sites for hydroxylation is 1. The number of nitriles is 2. The standard InChI is InChI=1S/C27H21N7OS/c1-16-9-19(11-20(13-28)26-32-21-12-24(35-3)30-15-23(21)33-26)17(2)34(16)27-22(14-29)31-25(36-27)10-18-7-5-4-6-8-18/h4-9,11-12,15H,10H2,1-3H3,(H,32,33)/b20-11+. The lowest BCUT2D eigenvalue weighted by Crippen LogP contribution is -1.99. The molecule has 0 aliphatic carbocycles. The number of aromatic nitrogens is 5. The number of aromatic amines is 1. The highest BCUT2D eigenvalue weighted by Crippen LogP contribution is 2.31. The number of hydrogen-bond acceptors (Lipinski definition) is 7. The van der Waals surface area contributed by atoms with E-state index in [1.54, 1.807) is 25.4 Å². The number of thiazole rings is 1. The van der Waals surface area contributed by atoms with Crippen molar-refractivity contribution >= 4 is 34.0 Å². The van der Waals surface area contributed by atoms with Crippen molar-refractivity contribution in [2.75, 3.05) is 7.11 Å². The third-order valence-electron chi connectivity index (χ3n) is 5.86. The molecule has 4 heterocycles. The van der Waals surface area contributed by atoms with Crippen molar-refractivity contribution in [1.82, 2.24) is 24.5 Å². The maximum atomic E-state index is 9.90. The number of pyridine rings is 1. The molecular formula is C27H21N7OS. The first-order valence-electron chi connectivity index (χ1n) is 11.2. The van der Waals surface area contributed by atoms with Gasteiger partial charge in [-0.25, -0.2) is 15.0 Å². The Morgan fingerprint density at radius 1 is 1.17 bits per heavy atom. The van der Waals surface area contributed by atoms with Crippen LogP contribution in [0.25, 0.3) is 27.7 Å². The minimum absolute atomic E-state index is 0.389. The monoisotopic (exact) mass is 491 g/mol. The molecule has 4 aromatic heterocycles. The first-order chi connectivity index (χ1) is 17.5. The smallest absolute Gasteiger partial charge is 0.215 e. The molecule has 5 aromatic rings. The molecule has 1 N–H and O–H groups in total. The van der Waals surface area contributed by atoms with Crippen molar-refractivity contribution < 1.29 is 4.74 Å². The first-order valence-corrected chi connectivity index (χ1v) is 12.0. The fourth-order valence-electron chi connectivity index (χ4n) is 4.11. The van der Waals surface area contributed by atoms with Crippen molar-refractivity contribution in [2.24, 2.45) is 0 Å². The molecule has 0 radical (unpaired) electrons. The van der Waals surface area contributed by atoms with Crippen molar-refractivity contribution in [3.05, 3.63) is 87.7 Å². The maximum absolute atomic E-state index is 9.90. The zero-order valence-electron chi connectivity index (χ0n) is 19.9. The third kappa shape index (κ3) is 4.24. The van der Waals surface area contributed by atoms with Gasteiger partial charge < -0.3 is 14.3 Å². The number of ether oxygens (including phenoxy) is 1. The largest absolute Gasteiger partial charge is 0.481 e. The topological polar surface area (TPSA) is 116 Å². The zero-order chi connectivity index (χ0) is 25.2. The second-order valence-electron chi connectivity index (χ2n) is 8.20. The molecule has 0 saturated heterocycles. The van der Waals surface area contributed by atoms with E-state index in [9.17, 15) is 10.5 Å². The minimum atomic E-state index is 0.389. The molecule has 36 heavy (non-hydrogen) atoms. The van der Waals surface area contributed by atoms with Crippen LogP contribution < -0.4 is 4.74 Å². The van der Waals surface area contributed by atoms with E-state index in [-0.39, 0.29) is 0 Å². The zero-order valence-corrected chi connectivity index (χ0v) is 20.7. The fraction of sp³-hybridized carbons (Fsp3) is 0.148. The molecule has 0 bridgehead atoms.